The predicted octanol–water partition coefficient (Wildman–Crippen LogP) is 3.43. The molecule has 0 saturated heterocycles. The molecule has 0 unspecified atom stereocenters. The Morgan fingerprint density at radius 1 is 1.04 bits per heavy atom. The van der Waals surface area contributed by atoms with E-state index >= 15 is 0 Å². The highest BCUT2D eigenvalue weighted by molar-refractivity contribution is 5.70. The fraction of sp³-hybridized carbons (Fsp3) is 0.111. The summed E-state index contributed by atoms with van der Waals surface area (Å²) < 4.78 is 12.4. The number of aromatic nitrogens is 2. The molecule has 0 amide bonds. The van der Waals surface area contributed by atoms with Crippen molar-refractivity contribution in [1.29, 1.82) is 5.26 Å². The Kier molecular flexibility index (Phi) is 3.98. The zero-order valence-electron chi connectivity index (χ0n) is 12.9. The van der Waals surface area contributed by atoms with Gasteiger partial charge in [-0.2, -0.15) is 10.4 Å². The minimum Gasteiger partial charge on any atom is -0.493 e. The monoisotopic (exact) mass is 305 g/mol. The van der Waals surface area contributed by atoms with Gasteiger partial charge in [0.2, 0.25) is 0 Å². The first-order valence-electron chi connectivity index (χ1n) is 7.03. The van der Waals surface area contributed by atoms with E-state index in [2.05, 4.69) is 11.2 Å². The van der Waals surface area contributed by atoms with E-state index in [1.54, 1.807) is 24.1 Å². The summed E-state index contributed by atoms with van der Waals surface area (Å²) >= 11 is 0. The lowest BCUT2D eigenvalue weighted by Gasteiger charge is -2.10. The van der Waals surface area contributed by atoms with Gasteiger partial charge in [-0.05, 0) is 29.8 Å². The average Bonchev–Trinajstić information content (AvgIpc) is 3.11. The second-order valence-corrected chi connectivity index (χ2v) is 4.88. The molecule has 0 aliphatic rings. The van der Waals surface area contributed by atoms with Gasteiger partial charge >= 0.3 is 0 Å². The fourth-order valence-corrected chi connectivity index (χ4v) is 2.41. The number of ether oxygens (including phenoxy) is 2. The molecule has 114 valence electrons. The maximum absolute atomic E-state index is 9.32. The Morgan fingerprint density at radius 2 is 1.83 bits per heavy atom. The van der Waals surface area contributed by atoms with Crippen molar-refractivity contribution in [3.63, 3.8) is 0 Å². The minimum absolute atomic E-state index is 0.425. The molecule has 2 aromatic carbocycles. The number of benzene rings is 2. The molecule has 1 heterocycles. The third-order valence-corrected chi connectivity index (χ3v) is 3.54. The van der Waals surface area contributed by atoms with Crippen molar-refractivity contribution in [1.82, 2.24) is 9.78 Å². The first-order valence-corrected chi connectivity index (χ1v) is 7.03. The molecule has 5 nitrogen and oxygen atoms in total. The quantitative estimate of drug-likeness (QED) is 0.741. The normalized spacial score (nSPS) is 10.1. The molecule has 3 aromatic rings. The fourth-order valence-electron chi connectivity index (χ4n) is 2.41. The molecule has 0 N–H and O–H groups in total. The first kappa shape index (κ1) is 14.7. The van der Waals surface area contributed by atoms with Crippen molar-refractivity contribution in [2.45, 2.75) is 0 Å². The maximum Gasteiger partial charge on any atom is 0.178 e. The van der Waals surface area contributed by atoms with Crippen LogP contribution in [0.15, 0.2) is 54.9 Å². The summed E-state index contributed by atoms with van der Waals surface area (Å²) in [5.74, 6) is 0.961. The van der Waals surface area contributed by atoms with E-state index in [1.807, 2.05) is 42.6 Å². The van der Waals surface area contributed by atoms with Crippen LogP contribution in [0.4, 0.5) is 0 Å². The van der Waals surface area contributed by atoms with Gasteiger partial charge in [0.1, 0.15) is 6.07 Å². The van der Waals surface area contributed by atoms with Crippen molar-refractivity contribution in [3.05, 3.63) is 60.4 Å². The molecule has 0 spiro atoms. The molecule has 1 aromatic heterocycles. The van der Waals surface area contributed by atoms with E-state index in [1.165, 1.54) is 7.11 Å². The summed E-state index contributed by atoms with van der Waals surface area (Å²) in [7, 11) is 3.07. The van der Waals surface area contributed by atoms with Crippen LogP contribution in [0.1, 0.15) is 5.56 Å². The molecular formula is C18H15N3O2. The molecule has 5 heteroatoms. The number of hydrogen-bond donors (Lipinski definition) is 0. The zero-order chi connectivity index (χ0) is 16.2. The lowest BCUT2D eigenvalue weighted by Crippen LogP contribution is -1.95. The summed E-state index contributed by atoms with van der Waals surface area (Å²) in [6.07, 6.45) is 3.67. The van der Waals surface area contributed by atoms with Crippen molar-refractivity contribution in [2.75, 3.05) is 14.2 Å². The number of para-hydroxylation sites is 1. The van der Waals surface area contributed by atoms with Gasteiger partial charge < -0.3 is 9.47 Å². The van der Waals surface area contributed by atoms with Gasteiger partial charge in [-0.15, -0.1) is 0 Å². The summed E-state index contributed by atoms with van der Waals surface area (Å²) in [5, 5.41) is 13.7. The van der Waals surface area contributed by atoms with Gasteiger partial charge in [0.25, 0.3) is 0 Å². The average molecular weight is 305 g/mol. The molecule has 0 bridgehead atoms. The van der Waals surface area contributed by atoms with Crippen LogP contribution < -0.4 is 9.47 Å². The number of nitriles is 1. The van der Waals surface area contributed by atoms with Crippen LogP contribution in [-0.4, -0.2) is 24.0 Å². The van der Waals surface area contributed by atoms with E-state index in [-0.39, 0.29) is 0 Å². The van der Waals surface area contributed by atoms with Gasteiger partial charge in [0.05, 0.1) is 31.7 Å². The Balaban J connectivity index is 2.06. The molecule has 0 atom stereocenters. The molecule has 0 aliphatic carbocycles. The van der Waals surface area contributed by atoms with E-state index in [9.17, 15) is 5.26 Å². The van der Waals surface area contributed by atoms with Gasteiger partial charge in [-0.3, -0.25) is 0 Å². The zero-order valence-corrected chi connectivity index (χ0v) is 12.9. The van der Waals surface area contributed by atoms with Crippen LogP contribution in [0, 0.1) is 11.3 Å². The highest BCUT2D eigenvalue weighted by Gasteiger charge is 2.14. The maximum atomic E-state index is 9.32. The van der Waals surface area contributed by atoms with Crippen LogP contribution in [0.5, 0.6) is 11.5 Å². The van der Waals surface area contributed by atoms with Crippen molar-refractivity contribution in [2.24, 2.45) is 0 Å². The summed E-state index contributed by atoms with van der Waals surface area (Å²) in [4.78, 5) is 0. The van der Waals surface area contributed by atoms with E-state index in [0.29, 0.717) is 17.1 Å². The molecule has 0 radical (unpaired) electrons. The Morgan fingerprint density at radius 3 is 2.48 bits per heavy atom. The number of nitrogens with zero attached hydrogens (tertiary/aromatic N) is 3. The van der Waals surface area contributed by atoms with Gasteiger partial charge in [-0.1, -0.05) is 18.2 Å². The van der Waals surface area contributed by atoms with Gasteiger partial charge in [0, 0.05) is 11.8 Å². The van der Waals surface area contributed by atoms with Crippen LogP contribution in [0.25, 0.3) is 16.8 Å². The lowest BCUT2D eigenvalue weighted by atomic mass is 10.0. The predicted molar refractivity (Wildman–Crippen MR) is 86.8 cm³/mol. The molecule has 23 heavy (non-hydrogen) atoms. The number of hydrogen-bond acceptors (Lipinski definition) is 4. The second-order valence-electron chi connectivity index (χ2n) is 4.88. The van der Waals surface area contributed by atoms with Crippen LogP contribution >= 0.6 is 0 Å². The minimum atomic E-state index is 0.425. The Labute approximate surface area is 134 Å². The van der Waals surface area contributed by atoms with Gasteiger partial charge in [-0.25, -0.2) is 4.68 Å². The molecule has 0 aliphatic heterocycles. The summed E-state index contributed by atoms with van der Waals surface area (Å²) in [6, 6.07) is 15.6. The van der Waals surface area contributed by atoms with E-state index in [0.717, 1.165) is 16.8 Å². The molecule has 3 rings (SSSR count). The van der Waals surface area contributed by atoms with Crippen molar-refractivity contribution in [3.8, 4) is 34.4 Å². The lowest BCUT2D eigenvalue weighted by molar-refractivity contribution is 0.354. The molecule has 0 fully saturated rings. The number of rotatable bonds is 4. The standard InChI is InChI=1S/C18H15N3O2/c1-22-17-9-13(8-14(10-19)18(17)23-2)15-11-20-21(12-15)16-6-4-3-5-7-16/h3-9,11-12H,1-2H3. The first-order chi connectivity index (χ1) is 11.3. The highest BCUT2D eigenvalue weighted by Crippen LogP contribution is 2.36. The van der Waals surface area contributed by atoms with Crippen molar-refractivity contribution < 1.29 is 9.47 Å². The van der Waals surface area contributed by atoms with E-state index < -0.39 is 0 Å². The SMILES string of the molecule is COc1cc(-c2cnn(-c3ccccc3)c2)cc(C#N)c1OC. The highest BCUT2D eigenvalue weighted by atomic mass is 16.5. The Bertz CT molecular complexity index is 864. The number of methoxy groups -OCH3 is 2. The van der Waals surface area contributed by atoms with Gasteiger partial charge in [0.15, 0.2) is 11.5 Å². The smallest absolute Gasteiger partial charge is 0.178 e. The third kappa shape index (κ3) is 2.74. The van der Waals surface area contributed by atoms with E-state index in [4.69, 9.17) is 9.47 Å². The van der Waals surface area contributed by atoms with Crippen molar-refractivity contribution >= 4 is 0 Å². The summed E-state index contributed by atoms with van der Waals surface area (Å²) in [6.45, 7) is 0. The summed E-state index contributed by atoms with van der Waals surface area (Å²) in [5.41, 5.74) is 3.14. The van der Waals surface area contributed by atoms with Crippen LogP contribution in [0.2, 0.25) is 0 Å². The van der Waals surface area contributed by atoms with Crippen LogP contribution in [0.3, 0.4) is 0 Å². The molecular weight excluding hydrogens is 290 g/mol. The topological polar surface area (TPSA) is 60.1 Å². The van der Waals surface area contributed by atoms with Crippen LogP contribution in [-0.2, 0) is 0 Å². The third-order valence-electron chi connectivity index (χ3n) is 3.54. The molecule has 0 saturated carbocycles. The Hall–Kier alpha value is -3.26. The largest absolute Gasteiger partial charge is 0.493 e. The second kappa shape index (κ2) is 6.24.